The minimum Gasteiger partial charge on any atom is -0.382 e. The van der Waals surface area contributed by atoms with E-state index in [4.69, 9.17) is 5.73 Å². The van der Waals surface area contributed by atoms with Crippen LogP contribution in [0.15, 0.2) is 22.8 Å². The highest BCUT2D eigenvalue weighted by Crippen LogP contribution is 2.17. The van der Waals surface area contributed by atoms with Crippen molar-refractivity contribution in [2.24, 2.45) is 0 Å². The van der Waals surface area contributed by atoms with Gasteiger partial charge in [0.25, 0.3) is 5.91 Å². The first-order valence-corrected chi connectivity index (χ1v) is 5.60. The minimum atomic E-state index is -0.327. The van der Waals surface area contributed by atoms with Gasteiger partial charge in [0.05, 0.1) is 0 Å². The van der Waals surface area contributed by atoms with E-state index < -0.39 is 0 Å². The Morgan fingerprint density at radius 1 is 1.53 bits per heavy atom. The van der Waals surface area contributed by atoms with Crippen LogP contribution in [0.25, 0.3) is 0 Å². The van der Waals surface area contributed by atoms with Gasteiger partial charge in [-0.1, -0.05) is 0 Å². The fraction of sp³-hybridized carbons (Fsp3) is 0.100. The molecular weight excluding hydrogens is 286 g/mol. The summed E-state index contributed by atoms with van der Waals surface area (Å²) in [4.78, 5) is 15.9. The SMILES string of the molecule is Cc1cc(Br)cnc1NC(=O)c1cc(N)n[nH]1. The van der Waals surface area contributed by atoms with Crippen LogP contribution in [0.4, 0.5) is 11.6 Å². The summed E-state index contributed by atoms with van der Waals surface area (Å²) in [5.41, 5.74) is 6.57. The van der Waals surface area contributed by atoms with E-state index in [1.165, 1.54) is 6.07 Å². The molecule has 0 saturated heterocycles. The normalized spacial score (nSPS) is 10.2. The second-order valence-electron chi connectivity index (χ2n) is 3.48. The van der Waals surface area contributed by atoms with Crippen LogP contribution in [-0.4, -0.2) is 21.1 Å². The summed E-state index contributed by atoms with van der Waals surface area (Å²) >= 11 is 3.30. The Bertz CT molecular complexity index is 566. The lowest BCUT2D eigenvalue weighted by Crippen LogP contribution is -2.14. The number of anilines is 2. The van der Waals surface area contributed by atoms with E-state index in [1.54, 1.807) is 6.20 Å². The largest absolute Gasteiger partial charge is 0.382 e. The summed E-state index contributed by atoms with van der Waals surface area (Å²) in [7, 11) is 0. The lowest BCUT2D eigenvalue weighted by molar-refractivity contribution is 0.102. The van der Waals surface area contributed by atoms with Crippen LogP contribution < -0.4 is 11.1 Å². The van der Waals surface area contributed by atoms with Gasteiger partial charge in [0.15, 0.2) is 0 Å². The van der Waals surface area contributed by atoms with Crippen LogP contribution in [0.3, 0.4) is 0 Å². The second-order valence-corrected chi connectivity index (χ2v) is 4.40. The zero-order valence-corrected chi connectivity index (χ0v) is 10.6. The summed E-state index contributed by atoms with van der Waals surface area (Å²) in [5.74, 6) is 0.453. The maximum atomic E-state index is 11.8. The lowest BCUT2D eigenvalue weighted by atomic mass is 10.3. The molecule has 0 aliphatic heterocycles. The molecule has 6 nitrogen and oxygen atoms in total. The number of aromatic amines is 1. The molecule has 0 radical (unpaired) electrons. The summed E-state index contributed by atoms with van der Waals surface area (Å²) < 4.78 is 0.860. The fourth-order valence-electron chi connectivity index (χ4n) is 1.30. The van der Waals surface area contributed by atoms with Crippen molar-refractivity contribution in [3.05, 3.63) is 34.1 Å². The topological polar surface area (TPSA) is 96.7 Å². The molecule has 4 N–H and O–H groups in total. The predicted octanol–water partition coefficient (Wildman–Crippen LogP) is 1.71. The van der Waals surface area contributed by atoms with E-state index in [1.807, 2.05) is 13.0 Å². The van der Waals surface area contributed by atoms with Crippen LogP contribution in [-0.2, 0) is 0 Å². The number of nitrogens with zero attached hydrogens (tertiary/aromatic N) is 2. The van der Waals surface area contributed by atoms with Gasteiger partial charge in [-0.25, -0.2) is 4.98 Å². The number of rotatable bonds is 2. The number of H-pyrrole nitrogens is 1. The minimum absolute atomic E-state index is 0.274. The van der Waals surface area contributed by atoms with Crippen LogP contribution in [0.5, 0.6) is 0 Å². The van der Waals surface area contributed by atoms with Crippen molar-refractivity contribution in [2.75, 3.05) is 11.1 Å². The molecule has 0 aliphatic rings. The molecule has 88 valence electrons. The molecule has 0 bridgehead atoms. The Morgan fingerprint density at radius 3 is 2.88 bits per heavy atom. The average molecular weight is 296 g/mol. The smallest absolute Gasteiger partial charge is 0.274 e. The van der Waals surface area contributed by atoms with Crippen LogP contribution >= 0.6 is 15.9 Å². The molecule has 1 amide bonds. The molecule has 2 aromatic heterocycles. The molecule has 0 atom stereocenters. The number of amides is 1. The Kier molecular flexibility index (Phi) is 3.10. The summed E-state index contributed by atoms with van der Waals surface area (Å²) in [6, 6.07) is 3.33. The van der Waals surface area contributed by atoms with Crippen LogP contribution in [0, 0.1) is 6.92 Å². The third kappa shape index (κ3) is 2.62. The molecule has 2 aromatic rings. The highest BCUT2D eigenvalue weighted by atomic mass is 79.9. The van der Waals surface area contributed by atoms with E-state index in [0.717, 1.165) is 10.0 Å². The van der Waals surface area contributed by atoms with Crippen LogP contribution in [0.2, 0.25) is 0 Å². The van der Waals surface area contributed by atoms with Crippen molar-refractivity contribution >= 4 is 33.5 Å². The van der Waals surface area contributed by atoms with Gasteiger partial charge in [-0.05, 0) is 34.5 Å². The zero-order valence-electron chi connectivity index (χ0n) is 8.99. The zero-order chi connectivity index (χ0) is 12.4. The van der Waals surface area contributed by atoms with E-state index in [9.17, 15) is 4.79 Å². The Balaban J connectivity index is 2.18. The first kappa shape index (κ1) is 11.6. The molecule has 0 aliphatic carbocycles. The maximum absolute atomic E-state index is 11.8. The van der Waals surface area contributed by atoms with Gasteiger partial charge in [0, 0.05) is 16.7 Å². The summed E-state index contributed by atoms with van der Waals surface area (Å²) in [6.07, 6.45) is 1.62. The highest BCUT2D eigenvalue weighted by Gasteiger charge is 2.11. The first-order valence-electron chi connectivity index (χ1n) is 4.80. The van der Waals surface area contributed by atoms with Gasteiger partial charge >= 0.3 is 0 Å². The summed E-state index contributed by atoms with van der Waals surface area (Å²) in [6.45, 7) is 1.86. The molecule has 0 aromatic carbocycles. The number of aryl methyl sites for hydroxylation is 1. The van der Waals surface area contributed by atoms with Gasteiger partial charge in [0.2, 0.25) is 0 Å². The molecule has 0 saturated carbocycles. The average Bonchev–Trinajstić information content (AvgIpc) is 2.69. The number of carbonyl (C=O) groups excluding carboxylic acids is 1. The van der Waals surface area contributed by atoms with Gasteiger partial charge < -0.3 is 11.1 Å². The van der Waals surface area contributed by atoms with Crippen molar-refractivity contribution in [1.29, 1.82) is 0 Å². The van der Waals surface area contributed by atoms with Crippen LogP contribution in [0.1, 0.15) is 16.1 Å². The Morgan fingerprint density at radius 2 is 2.29 bits per heavy atom. The molecular formula is C10H10BrN5O. The summed E-state index contributed by atoms with van der Waals surface area (Å²) in [5, 5.41) is 8.88. The predicted molar refractivity (Wildman–Crippen MR) is 67.6 cm³/mol. The first-order chi connectivity index (χ1) is 8.06. The van der Waals surface area contributed by atoms with E-state index >= 15 is 0 Å². The van der Waals surface area contributed by atoms with E-state index in [0.29, 0.717) is 11.5 Å². The van der Waals surface area contributed by atoms with Crippen molar-refractivity contribution in [2.45, 2.75) is 6.92 Å². The number of nitrogens with two attached hydrogens (primary N) is 1. The third-order valence-corrected chi connectivity index (χ3v) is 2.55. The molecule has 0 spiro atoms. The molecule has 2 heterocycles. The molecule has 7 heteroatoms. The monoisotopic (exact) mass is 295 g/mol. The van der Waals surface area contributed by atoms with Crippen molar-refractivity contribution in [1.82, 2.24) is 15.2 Å². The number of carbonyl (C=O) groups is 1. The van der Waals surface area contributed by atoms with Gasteiger partial charge in [-0.2, -0.15) is 5.10 Å². The van der Waals surface area contributed by atoms with Gasteiger partial charge in [0.1, 0.15) is 17.3 Å². The molecule has 0 unspecified atom stereocenters. The molecule has 17 heavy (non-hydrogen) atoms. The Hall–Kier alpha value is -1.89. The standard InChI is InChI=1S/C10H10BrN5O/c1-5-2-6(11)4-13-9(5)14-10(17)7-3-8(12)16-15-7/h2-4H,1H3,(H3,12,15,16)(H,13,14,17). The number of aromatic nitrogens is 3. The number of halogens is 1. The number of hydrogen-bond acceptors (Lipinski definition) is 4. The van der Waals surface area contributed by atoms with Crippen molar-refractivity contribution in [3.63, 3.8) is 0 Å². The van der Waals surface area contributed by atoms with E-state index in [2.05, 4.69) is 36.4 Å². The van der Waals surface area contributed by atoms with Crippen molar-refractivity contribution < 1.29 is 4.79 Å². The van der Waals surface area contributed by atoms with Gasteiger partial charge in [-0.3, -0.25) is 9.89 Å². The molecule has 0 fully saturated rings. The Labute approximate surface area is 106 Å². The van der Waals surface area contributed by atoms with Crippen molar-refractivity contribution in [3.8, 4) is 0 Å². The lowest BCUT2D eigenvalue weighted by Gasteiger charge is -2.05. The number of nitrogen functional groups attached to an aromatic ring is 1. The quantitative estimate of drug-likeness (QED) is 0.786. The second kappa shape index (κ2) is 4.54. The highest BCUT2D eigenvalue weighted by molar-refractivity contribution is 9.10. The number of nitrogens with one attached hydrogen (secondary N) is 2. The van der Waals surface area contributed by atoms with Gasteiger partial charge in [-0.15, -0.1) is 0 Å². The fourth-order valence-corrected chi connectivity index (χ4v) is 1.75. The van der Waals surface area contributed by atoms with E-state index in [-0.39, 0.29) is 11.7 Å². The maximum Gasteiger partial charge on any atom is 0.274 e. The third-order valence-electron chi connectivity index (χ3n) is 2.12. The number of pyridine rings is 1. The number of hydrogen-bond donors (Lipinski definition) is 3. The molecule has 2 rings (SSSR count).